The zero-order valence-corrected chi connectivity index (χ0v) is 14.2. The second kappa shape index (κ2) is 6.43. The third-order valence-corrected chi connectivity index (χ3v) is 4.30. The van der Waals surface area contributed by atoms with Crippen molar-refractivity contribution in [3.8, 4) is 0 Å². The van der Waals surface area contributed by atoms with Crippen molar-refractivity contribution in [1.82, 2.24) is 10.3 Å². The van der Waals surface area contributed by atoms with Gasteiger partial charge in [0.05, 0.1) is 22.5 Å². The highest BCUT2D eigenvalue weighted by atomic mass is 16.7. The van der Waals surface area contributed by atoms with Crippen LogP contribution in [0.4, 0.5) is 0 Å². The van der Waals surface area contributed by atoms with Crippen LogP contribution < -0.4 is 5.32 Å². The van der Waals surface area contributed by atoms with Gasteiger partial charge in [-0.3, -0.25) is 4.98 Å². The van der Waals surface area contributed by atoms with Crippen molar-refractivity contribution in [3.63, 3.8) is 0 Å². The lowest BCUT2D eigenvalue weighted by molar-refractivity contribution is 0.00578. The van der Waals surface area contributed by atoms with Gasteiger partial charge in [0, 0.05) is 12.7 Å². The van der Waals surface area contributed by atoms with E-state index in [-0.39, 0.29) is 5.56 Å². The Hall–Kier alpha value is -1.70. The van der Waals surface area contributed by atoms with E-state index in [2.05, 4.69) is 10.3 Å². The lowest BCUT2D eigenvalue weighted by Crippen LogP contribution is -2.41. The summed E-state index contributed by atoms with van der Waals surface area (Å²) in [4.78, 5) is 15.1. The molecule has 0 unspecified atom stereocenters. The lowest BCUT2D eigenvalue weighted by Gasteiger charge is -2.32. The van der Waals surface area contributed by atoms with Crippen molar-refractivity contribution >= 4 is 19.2 Å². The fourth-order valence-corrected chi connectivity index (χ4v) is 2.21. The van der Waals surface area contributed by atoms with Crippen LogP contribution in [0.15, 0.2) is 23.8 Å². The van der Waals surface area contributed by atoms with Crippen LogP contribution in [0.5, 0.6) is 0 Å². The van der Waals surface area contributed by atoms with Gasteiger partial charge in [-0.15, -0.1) is 0 Å². The first kappa shape index (κ1) is 17.7. The number of carboxylic acids is 1. The Morgan fingerprint density at radius 1 is 1.30 bits per heavy atom. The number of likely N-dealkylation sites (N-methyl/N-ethyl adjacent to an activating group) is 1. The predicted molar refractivity (Wildman–Crippen MR) is 89.2 cm³/mol. The third-order valence-electron chi connectivity index (χ3n) is 4.30. The summed E-state index contributed by atoms with van der Waals surface area (Å²) in [7, 11) is 1.38. The van der Waals surface area contributed by atoms with Gasteiger partial charge in [0.2, 0.25) is 0 Å². The van der Waals surface area contributed by atoms with Gasteiger partial charge in [0.1, 0.15) is 0 Å². The van der Waals surface area contributed by atoms with E-state index in [9.17, 15) is 4.79 Å². The zero-order chi connectivity index (χ0) is 17.3. The summed E-state index contributed by atoms with van der Waals surface area (Å²) in [6.07, 6.45) is 3.21. The monoisotopic (exact) mass is 318 g/mol. The van der Waals surface area contributed by atoms with Gasteiger partial charge in [-0.2, -0.15) is 0 Å². The topological polar surface area (TPSA) is 80.7 Å². The van der Waals surface area contributed by atoms with Crippen LogP contribution in [0, 0.1) is 0 Å². The van der Waals surface area contributed by atoms with Crippen molar-refractivity contribution in [2.75, 3.05) is 13.6 Å². The molecule has 0 atom stereocenters. The Kier molecular flexibility index (Phi) is 4.94. The van der Waals surface area contributed by atoms with Gasteiger partial charge in [-0.25, -0.2) is 4.79 Å². The SMILES string of the molecule is CNCC(=Cc1ccc(C(=O)O)cn1)B1OC(C)(C)C(C)(C)O1. The maximum Gasteiger partial charge on any atom is 0.491 e. The Morgan fingerprint density at radius 3 is 2.35 bits per heavy atom. The molecule has 124 valence electrons. The first-order valence-electron chi connectivity index (χ1n) is 7.56. The van der Waals surface area contributed by atoms with Gasteiger partial charge in [0.25, 0.3) is 0 Å². The number of aromatic carboxylic acids is 1. The molecule has 0 radical (unpaired) electrons. The number of hydrogen-bond acceptors (Lipinski definition) is 5. The highest BCUT2D eigenvalue weighted by Gasteiger charge is 2.52. The predicted octanol–water partition coefficient (Wildman–Crippen LogP) is 2.01. The lowest BCUT2D eigenvalue weighted by atomic mass is 9.77. The molecular formula is C16H23BN2O4. The summed E-state index contributed by atoms with van der Waals surface area (Å²) in [5, 5.41) is 12.0. The van der Waals surface area contributed by atoms with Crippen molar-refractivity contribution in [2.45, 2.75) is 38.9 Å². The number of pyridine rings is 1. The molecule has 0 bridgehead atoms. The summed E-state index contributed by atoms with van der Waals surface area (Å²) in [5.74, 6) is -0.991. The summed E-state index contributed by atoms with van der Waals surface area (Å²) < 4.78 is 12.1. The van der Waals surface area contributed by atoms with Crippen LogP contribution in [0.1, 0.15) is 43.7 Å². The number of nitrogens with one attached hydrogen (secondary N) is 1. The molecular weight excluding hydrogens is 295 g/mol. The molecule has 2 N–H and O–H groups in total. The molecule has 1 aliphatic rings. The number of carboxylic acid groups (broad SMARTS) is 1. The molecule has 2 heterocycles. The van der Waals surface area contributed by atoms with E-state index in [0.717, 1.165) is 5.47 Å². The molecule has 6 nitrogen and oxygen atoms in total. The molecule has 0 amide bonds. The van der Waals surface area contributed by atoms with E-state index >= 15 is 0 Å². The fourth-order valence-electron chi connectivity index (χ4n) is 2.21. The normalized spacial score (nSPS) is 19.9. The van der Waals surface area contributed by atoms with E-state index in [1.165, 1.54) is 12.3 Å². The van der Waals surface area contributed by atoms with E-state index < -0.39 is 24.3 Å². The Balaban J connectivity index is 2.26. The summed E-state index contributed by atoms with van der Waals surface area (Å²) in [5.41, 5.74) is 0.903. The van der Waals surface area contributed by atoms with E-state index in [4.69, 9.17) is 14.4 Å². The van der Waals surface area contributed by atoms with Gasteiger partial charge in [-0.1, -0.05) is 0 Å². The van der Waals surface area contributed by atoms with Gasteiger partial charge < -0.3 is 19.7 Å². The molecule has 1 aliphatic heterocycles. The number of nitrogens with zero attached hydrogens (tertiary/aromatic N) is 1. The molecule has 1 aromatic rings. The third kappa shape index (κ3) is 3.80. The van der Waals surface area contributed by atoms with Crippen molar-refractivity contribution in [1.29, 1.82) is 0 Å². The van der Waals surface area contributed by atoms with Crippen molar-refractivity contribution in [3.05, 3.63) is 35.1 Å². The van der Waals surface area contributed by atoms with E-state index in [0.29, 0.717) is 12.2 Å². The molecule has 1 fully saturated rings. The zero-order valence-electron chi connectivity index (χ0n) is 14.2. The van der Waals surface area contributed by atoms with Crippen LogP contribution in [-0.2, 0) is 9.31 Å². The van der Waals surface area contributed by atoms with Crippen LogP contribution in [0.3, 0.4) is 0 Å². The number of hydrogen-bond donors (Lipinski definition) is 2. The molecule has 1 aromatic heterocycles. The first-order valence-corrected chi connectivity index (χ1v) is 7.56. The van der Waals surface area contributed by atoms with Crippen molar-refractivity contribution < 1.29 is 19.2 Å². The Morgan fingerprint density at radius 2 is 1.91 bits per heavy atom. The molecule has 0 saturated carbocycles. The quantitative estimate of drug-likeness (QED) is 0.809. The van der Waals surface area contributed by atoms with Gasteiger partial charge in [0.15, 0.2) is 0 Å². The molecule has 0 spiro atoms. The Bertz CT molecular complexity index is 595. The van der Waals surface area contributed by atoms with Crippen LogP contribution in [0.25, 0.3) is 6.08 Å². The van der Waals surface area contributed by atoms with Crippen LogP contribution in [-0.4, -0.2) is 48.0 Å². The van der Waals surface area contributed by atoms with E-state index in [1.807, 2.05) is 40.8 Å². The molecule has 0 aromatic carbocycles. The smallest absolute Gasteiger partial charge is 0.478 e. The largest absolute Gasteiger partial charge is 0.491 e. The van der Waals surface area contributed by atoms with Gasteiger partial charge in [-0.05, 0) is 58.4 Å². The Labute approximate surface area is 137 Å². The average molecular weight is 318 g/mol. The average Bonchev–Trinajstić information content (AvgIpc) is 2.67. The first-order chi connectivity index (χ1) is 10.7. The summed E-state index contributed by atoms with van der Waals surface area (Å²) in [6, 6.07) is 3.20. The number of aromatic nitrogens is 1. The summed E-state index contributed by atoms with van der Waals surface area (Å²) in [6.45, 7) is 8.60. The molecule has 1 saturated heterocycles. The maximum absolute atomic E-state index is 10.9. The highest BCUT2D eigenvalue weighted by Crippen LogP contribution is 2.38. The molecule has 2 rings (SSSR count). The van der Waals surface area contributed by atoms with Crippen molar-refractivity contribution in [2.24, 2.45) is 0 Å². The highest BCUT2D eigenvalue weighted by molar-refractivity contribution is 6.55. The number of rotatable bonds is 5. The minimum atomic E-state index is -0.991. The van der Waals surface area contributed by atoms with Gasteiger partial charge >= 0.3 is 13.1 Å². The molecule has 7 heteroatoms. The van der Waals surface area contributed by atoms with E-state index in [1.54, 1.807) is 6.07 Å². The molecule has 23 heavy (non-hydrogen) atoms. The minimum absolute atomic E-state index is 0.160. The number of carbonyl (C=O) groups is 1. The second-order valence-corrected chi connectivity index (χ2v) is 6.61. The summed E-state index contributed by atoms with van der Waals surface area (Å²) >= 11 is 0. The fraction of sp³-hybridized carbons (Fsp3) is 0.500. The maximum atomic E-state index is 10.9. The standard InChI is InChI=1S/C16H23BN2O4/c1-15(2)16(3,4)23-17(22-15)12(10-18-5)8-13-7-6-11(9-19-13)14(20)21/h6-9,18H,10H2,1-5H3,(H,20,21). The molecule has 0 aliphatic carbocycles. The van der Waals surface area contributed by atoms with Crippen LogP contribution in [0.2, 0.25) is 0 Å². The minimum Gasteiger partial charge on any atom is -0.478 e. The second-order valence-electron chi connectivity index (χ2n) is 6.61. The van der Waals surface area contributed by atoms with Crippen LogP contribution >= 0.6 is 0 Å².